The Bertz CT molecular complexity index is 635. The monoisotopic (exact) mass is 207 g/mol. The summed E-state index contributed by atoms with van der Waals surface area (Å²) >= 11 is 0. The first kappa shape index (κ1) is 8.99. The molecule has 0 fully saturated rings. The van der Waals surface area contributed by atoms with E-state index in [0.717, 1.165) is 22.1 Å². The van der Waals surface area contributed by atoms with Crippen LogP contribution in [-0.2, 0) is 0 Å². The van der Waals surface area contributed by atoms with Gasteiger partial charge in [0.2, 0.25) is 0 Å². The van der Waals surface area contributed by atoms with Crippen LogP contribution in [0, 0.1) is 11.3 Å². The summed E-state index contributed by atoms with van der Waals surface area (Å²) in [6, 6.07) is 14.2. The molecule has 16 heavy (non-hydrogen) atoms. The largest absolute Gasteiger partial charge is 0.489 e. The van der Waals surface area contributed by atoms with E-state index < -0.39 is 0 Å². The van der Waals surface area contributed by atoms with Crippen molar-refractivity contribution in [2.75, 3.05) is 6.61 Å². The zero-order valence-electron chi connectivity index (χ0n) is 8.60. The second kappa shape index (κ2) is 3.39. The van der Waals surface area contributed by atoms with Gasteiger partial charge in [0.1, 0.15) is 12.4 Å². The Morgan fingerprint density at radius 1 is 1.12 bits per heavy atom. The Morgan fingerprint density at radius 3 is 2.88 bits per heavy atom. The fourth-order valence-corrected chi connectivity index (χ4v) is 2.07. The van der Waals surface area contributed by atoms with E-state index in [4.69, 9.17) is 10.00 Å². The van der Waals surface area contributed by atoms with Gasteiger partial charge in [-0.25, -0.2) is 0 Å². The molecule has 1 aliphatic rings. The van der Waals surface area contributed by atoms with Gasteiger partial charge in [0, 0.05) is 5.56 Å². The molecular weight excluding hydrogens is 198 g/mol. The second-order valence-corrected chi connectivity index (χ2v) is 3.70. The molecule has 0 N–H and O–H groups in total. The van der Waals surface area contributed by atoms with Crippen molar-refractivity contribution in [2.45, 2.75) is 0 Å². The van der Waals surface area contributed by atoms with Gasteiger partial charge >= 0.3 is 0 Å². The number of rotatable bonds is 0. The molecule has 1 heterocycles. The average molecular weight is 207 g/mol. The second-order valence-electron chi connectivity index (χ2n) is 3.70. The topological polar surface area (TPSA) is 33.0 Å². The van der Waals surface area contributed by atoms with Crippen LogP contribution < -0.4 is 4.74 Å². The minimum atomic E-state index is 0.480. The van der Waals surface area contributed by atoms with Crippen LogP contribution in [0.1, 0.15) is 5.56 Å². The van der Waals surface area contributed by atoms with Gasteiger partial charge in [-0.15, -0.1) is 0 Å². The lowest BCUT2D eigenvalue weighted by Gasteiger charge is -2.16. The number of nitrogens with zero attached hydrogens (tertiary/aromatic N) is 1. The number of allylic oxidation sites excluding steroid dienone is 1. The van der Waals surface area contributed by atoms with Gasteiger partial charge in [0.05, 0.1) is 11.6 Å². The summed E-state index contributed by atoms with van der Waals surface area (Å²) in [6.07, 6.45) is 1.83. The number of benzene rings is 2. The fraction of sp³-hybridized carbons (Fsp3) is 0.0714. The molecule has 0 amide bonds. The molecule has 0 aliphatic carbocycles. The lowest BCUT2D eigenvalue weighted by Crippen LogP contribution is -2.04. The van der Waals surface area contributed by atoms with E-state index in [1.54, 1.807) is 0 Å². The van der Waals surface area contributed by atoms with Crippen molar-refractivity contribution < 1.29 is 4.74 Å². The van der Waals surface area contributed by atoms with Crippen molar-refractivity contribution in [1.29, 1.82) is 5.26 Å². The number of ether oxygens (including phenoxy) is 1. The standard InChI is InChI=1S/C14H9NO/c15-9-11-7-8-16-13-6-5-10-3-1-2-4-12(10)14(11)13/h1-7H,8H2. The maximum absolute atomic E-state index is 9.12. The van der Waals surface area contributed by atoms with Crippen LogP contribution in [0.2, 0.25) is 0 Å². The molecule has 2 heteroatoms. The quantitative estimate of drug-likeness (QED) is 0.664. The molecule has 0 radical (unpaired) electrons. The van der Waals surface area contributed by atoms with Crippen LogP contribution in [0.15, 0.2) is 42.5 Å². The first-order chi connectivity index (χ1) is 7.90. The summed E-state index contributed by atoms with van der Waals surface area (Å²) in [5, 5.41) is 11.3. The minimum absolute atomic E-state index is 0.480. The average Bonchev–Trinajstić information content (AvgIpc) is 2.37. The molecule has 2 aromatic carbocycles. The van der Waals surface area contributed by atoms with E-state index in [1.807, 2.05) is 42.5 Å². The third-order valence-corrected chi connectivity index (χ3v) is 2.81. The first-order valence-corrected chi connectivity index (χ1v) is 5.15. The molecule has 3 rings (SSSR count). The molecule has 0 saturated heterocycles. The Hall–Kier alpha value is -2.27. The smallest absolute Gasteiger partial charge is 0.128 e. The van der Waals surface area contributed by atoms with E-state index in [9.17, 15) is 0 Å². The van der Waals surface area contributed by atoms with Crippen LogP contribution >= 0.6 is 0 Å². The molecule has 0 saturated carbocycles. The van der Waals surface area contributed by atoms with E-state index in [2.05, 4.69) is 6.07 Å². The maximum Gasteiger partial charge on any atom is 0.128 e. The van der Waals surface area contributed by atoms with Crippen molar-refractivity contribution in [3.05, 3.63) is 48.0 Å². The zero-order valence-corrected chi connectivity index (χ0v) is 8.60. The van der Waals surface area contributed by atoms with E-state index in [-0.39, 0.29) is 0 Å². The van der Waals surface area contributed by atoms with Gasteiger partial charge < -0.3 is 4.74 Å². The Balaban J connectivity index is 2.42. The maximum atomic E-state index is 9.12. The Morgan fingerprint density at radius 2 is 2.00 bits per heavy atom. The Kier molecular flexibility index (Phi) is 1.91. The van der Waals surface area contributed by atoms with Crippen LogP contribution in [-0.4, -0.2) is 6.61 Å². The van der Waals surface area contributed by atoms with Crippen LogP contribution in [0.4, 0.5) is 0 Å². The molecule has 0 atom stereocenters. The summed E-state index contributed by atoms with van der Waals surface area (Å²) in [7, 11) is 0. The first-order valence-electron chi connectivity index (χ1n) is 5.15. The summed E-state index contributed by atoms with van der Waals surface area (Å²) < 4.78 is 5.54. The highest BCUT2D eigenvalue weighted by atomic mass is 16.5. The lowest BCUT2D eigenvalue weighted by atomic mass is 9.96. The van der Waals surface area contributed by atoms with E-state index >= 15 is 0 Å². The third kappa shape index (κ3) is 1.19. The van der Waals surface area contributed by atoms with Crippen molar-refractivity contribution in [3.63, 3.8) is 0 Å². The number of hydrogen-bond donors (Lipinski definition) is 0. The molecule has 2 aromatic rings. The summed E-state index contributed by atoms with van der Waals surface area (Å²) in [5.41, 5.74) is 1.63. The highest BCUT2D eigenvalue weighted by Gasteiger charge is 2.16. The number of hydrogen-bond acceptors (Lipinski definition) is 2. The van der Waals surface area contributed by atoms with E-state index in [0.29, 0.717) is 12.2 Å². The molecule has 1 aliphatic heterocycles. The van der Waals surface area contributed by atoms with Gasteiger partial charge in [-0.2, -0.15) is 5.26 Å². The molecule has 0 bridgehead atoms. The van der Waals surface area contributed by atoms with Gasteiger partial charge in [0.15, 0.2) is 0 Å². The van der Waals surface area contributed by atoms with Crippen LogP contribution in [0.5, 0.6) is 5.75 Å². The molecule has 76 valence electrons. The fourth-order valence-electron chi connectivity index (χ4n) is 2.07. The minimum Gasteiger partial charge on any atom is -0.489 e. The molecule has 0 aromatic heterocycles. The highest BCUT2D eigenvalue weighted by molar-refractivity contribution is 6.00. The summed E-state index contributed by atoms with van der Waals surface area (Å²) in [6.45, 7) is 0.480. The van der Waals surface area contributed by atoms with Gasteiger partial charge in [-0.3, -0.25) is 0 Å². The highest BCUT2D eigenvalue weighted by Crippen LogP contribution is 2.35. The molecule has 2 nitrogen and oxygen atoms in total. The zero-order chi connectivity index (χ0) is 11.0. The van der Waals surface area contributed by atoms with Crippen LogP contribution in [0.25, 0.3) is 16.3 Å². The van der Waals surface area contributed by atoms with Crippen molar-refractivity contribution in [1.82, 2.24) is 0 Å². The van der Waals surface area contributed by atoms with Crippen molar-refractivity contribution in [2.24, 2.45) is 0 Å². The normalized spacial score (nSPS) is 13.6. The molecule has 0 spiro atoms. The Labute approximate surface area is 93.4 Å². The predicted octanol–water partition coefficient (Wildman–Crippen LogP) is 3.14. The van der Waals surface area contributed by atoms with E-state index in [1.165, 1.54) is 0 Å². The third-order valence-electron chi connectivity index (χ3n) is 2.81. The van der Waals surface area contributed by atoms with Crippen LogP contribution in [0.3, 0.4) is 0 Å². The number of fused-ring (bicyclic) bond motifs is 3. The predicted molar refractivity (Wildman–Crippen MR) is 63.0 cm³/mol. The molecule has 0 unspecified atom stereocenters. The molecular formula is C14H9NO. The van der Waals surface area contributed by atoms with Gasteiger partial charge in [-0.1, -0.05) is 30.3 Å². The summed E-state index contributed by atoms with van der Waals surface area (Å²) in [4.78, 5) is 0. The number of nitriles is 1. The van der Waals surface area contributed by atoms with Crippen molar-refractivity contribution >= 4 is 16.3 Å². The lowest BCUT2D eigenvalue weighted by molar-refractivity contribution is 0.358. The summed E-state index contributed by atoms with van der Waals surface area (Å²) in [5.74, 6) is 0.803. The van der Waals surface area contributed by atoms with Gasteiger partial charge in [0.25, 0.3) is 0 Å². The van der Waals surface area contributed by atoms with Crippen molar-refractivity contribution in [3.8, 4) is 11.8 Å². The van der Waals surface area contributed by atoms with Gasteiger partial charge in [-0.05, 0) is 22.9 Å². The SMILES string of the molecule is N#CC1=CCOc2ccc3ccccc3c21.